The number of anilines is 1. The second kappa shape index (κ2) is 8.88. The number of fused-ring (bicyclic) bond motifs is 3. The minimum absolute atomic E-state index is 0.0677. The predicted molar refractivity (Wildman–Crippen MR) is 133 cm³/mol. The summed E-state index contributed by atoms with van der Waals surface area (Å²) in [4.78, 5) is 17.2. The van der Waals surface area contributed by atoms with Crippen LogP contribution in [0.5, 0.6) is 5.75 Å². The highest BCUT2D eigenvalue weighted by atomic mass is 16.5. The van der Waals surface area contributed by atoms with Gasteiger partial charge in [-0.15, -0.1) is 0 Å². The maximum atomic E-state index is 13.0. The van der Waals surface area contributed by atoms with E-state index in [2.05, 4.69) is 23.3 Å². The molecule has 1 aliphatic carbocycles. The van der Waals surface area contributed by atoms with Gasteiger partial charge in [-0.3, -0.25) is 9.78 Å². The lowest BCUT2D eigenvalue weighted by Gasteiger charge is -2.49. The van der Waals surface area contributed by atoms with Gasteiger partial charge in [0.25, 0.3) is 5.91 Å². The van der Waals surface area contributed by atoms with Gasteiger partial charge in [0.2, 0.25) is 0 Å². The molecule has 2 aromatic carbocycles. The standard InChI is InChI=1S/C29H32N2O3/c1-3-28-14-15-29(33,22-8-5-4-6-9-22)19-23(28)13-17-34-26-18-21(11-12-24(26)28)27(32)31-25-10-7-16-30-20(25)2/h4-12,16,18,23,33H,3,13-15,17,19H2,1-2H3,(H,31,32). The summed E-state index contributed by atoms with van der Waals surface area (Å²) in [6.45, 7) is 4.69. The Morgan fingerprint density at radius 2 is 1.97 bits per heavy atom. The third kappa shape index (κ3) is 3.88. The molecule has 1 aliphatic heterocycles. The van der Waals surface area contributed by atoms with Crippen molar-refractivity contribution in [3.8, 4) is 5.75 Å². The lowest BCUT2D eigenvalue weighted by Crippen LogP contribution is -2.46. The minimum atomic E-state index is -0.809. The number of hydrogen-bond donors (Lipinski definition) is 2. The van der Waals surface area contributed by atoms with Crippen molar-refractivity contribution >= 4 is 11.6 Å². The molecule has 5 nitrogen and oxygen atoms in total. The lowest BCUT2D eigenvalue weighted by atomic mass is 9.56. The fourth-order valence-corrected chi connectivity index (χ4v) is 6.05. The van der Waals surface area contributed by atoms with Crippen molar-refractivity contribution in [2.24, 2.45) is 5.92 Å². The molecule has 1 amide bonds. The van der Waals surface area contributed by atoms with E-state index in [-0.39, 0.29) is 11.3 Å². The van der Waals surface area contributed by atoms with Crippen LogP contribution in [0.3, 0.4) is 0 Å². The summed E-state index contributed by atoms with van der Waals surface area (Å²) >= 11 is 0. The lowest BCUT2D eigenvalue weighted by molar-refractivity contribution is -0.0534. The normalized spacial score (nSPS) is 25.9. The Hall–Kier alpha value is -3.18. The molecule has 176 valence electrons. The number of aliphatic hydroxyl groups is 1. The predicted octanol–water partition coefficient (Wildman–Crippen LogP) is 5.76. The summed E-state index contributed by atoms with van der Waals surface area (Å²) in [5.41, 5.74) is 3.36. The number of aromatic nitrogens is 1. The third-order valence-corrected chi connectivity index (χ3v) is 8.05. The quantitative estimate of drug-likeness (QED) is 0.524. The molecule has 2 N–H and O–H groups in total. The van der Waals surface area contributed by atoms with Crippen LogP contribution in [0, 0.1) is 12.8 Å². The van der Waals surface area contributed by atoms with Gasteiger partial charge in [-0.2, -0.15) is 0 Å². The number of rotatable bonds is 4. The molecule has 0 bridgehead atoms. The van der Waals surface area contributed by atoms with E-state index >= 15 is 0 Å². The first kappa shape index (κ1) is 22.6. The second-order valence-electron chi connectivity index (χ2n) is 9.75. The van der Waals surface area contributed by atoms with Crippen molar-refractivity contribution in [1.29, 1.82) is 0 Å². The van der Waals surface area contributed by atoms with Gasteiger partial charge in [-0.1, -0.05) is 43.3 Å². The van der Waals surface area contributed by atoms with Crippen LogP contribution < -0.4 is 10.1 Å². The number of carbonyl (C=O) groups excluding carboxylic acids is 1. The Morgan fingerprint density at radius 3 is 2.74 bits per heavy atom. The molecule has 2 heterocycles. The number of aryl methyl sites for hydroxylation is 1. The Kier molecular flexibility index (Phi) is 5.90. The van der Waals surface area contributed by atoms with Crippen LogP contribution >= 0.6 is 0 Å². The molecule has 3 unspecified atom stereocenters. The Morgan fingerprint density at radius 1 is 1.15 bits per heavy atom. The van der Waals surface area contributed by atoms with Gasteiger partial charge in [0.05, 0.1) is 23.6 Å². The molecule has 0 radical (unpaired) electrons. The number of hydrogen-bond acceptors (Lipinski definition) is 4. The summed E-state index contributed by atoms with van der Waals surface area (Å²) in [6.07, 6.45) is 5.88. The van der Waals surface area contributed by atoms with Crippen LogP contribution in [0.4, 0.5) is 5.69 Å². The van der Waals surface area contributed by atoms with E-state index in [0.717, 1.165) is 42.7 Å². The van der Waals surface area contributed by atoms with Crippen molar-refractivity contribution in [2.75, 3.05) is 11.9 Å². The zero-order chi connectivity index (χ0) is 23.8. The van der Waals surface area contributed by atoms with E-state index < -0.39 is 5.60 Å². The van der Waals surface area contributed by atoms with E-state index in [9.17, 15) is 9.90 Å². The second-order valence-corrected chi connectivity index (χ2v) is 9.75. The van der Waals surface area contributed by atoms with Crippen molar-refractivity contribution in [1.82, 2.24) is 4.98 Å². The molecule has 1 saturated carbocycles. The number of amides is 1. The number of benzene rings is 2. The number of nitrogens with one attached hydrogen (secondary N) is 1. The van der Waals surface area contributed by atoms with E-state index in [1.54, 1.807) is 6.20 Å². The number of nitrogens with zero attached hydrogens (tertiary/aromatic N) is 1. The summed E-state index contributed by atoms with van der Waals surface area (Å²) in [6, 6.07) is 19.6. The number of carbonyl (C=O) groups is 1. The van der Waals surface area contributed by atoms with Crippen molar-refractivity contribution in [3.63, 3.8) is 0 Å². The topological polar surface area (TPSA) is 71.5 Å². The van der Waals surface area contributed by atoms with Gasteiger partial charge >= 0.3 is 0 Å². The molecule has 34 heavy (non-hydrogen) atoms. The maximum Gasteiger partial charge on any atom is 0.255 e. The molecular formula is C29H32N2O3. The van der Waals surface area contributed by atoms with Crippen molar-refractivity contribution in [3.05, 3.63) is 89.2 Å². The highest BCUT2D eigenvalue weighted by molar-refractivity contribution is 6.04. The van der Waals surface area contributed by atoms with Gasteiger partial charge in [0.1, 0.15) is 5.75 Å². The summed E-state index contributed by atoms with van der Waals surface area (Å²) in [5, 5.41) is 14.6. The first-order valence-electron chi connectivity index (χ1n) is 12.2. The Balaban J connectivity index is 1.45. The molecule has 3 atom stereocenters. The van der Waals surface area contributed by atoms with E-state index in [0.29, 0.717) is 30.2 Å². The first-order valence-corrected chi connectivity index (χ1v) is 12.2. The number of ether oxygens (including phenoxy) is 1. The van der Waals surface area contributed by atoms with E-state index in [4.69, 9.17) is 4.74 Å². The summed E-state index contributed by atoms with van der Waals surface area (Å²) in [7, 11) is 0. The molecule has 1 fully saturated rings. The molecule has 5 rings (SSSR count). The van der Waals surface area contributed by atoms with Crippen molar-refractivity contribution < 1.29 is 14.6 Å². The summed E-state index contributed by atoms with van der Waals surface area (Å²) < 4.78 is 6.23. The highest BCUT2D eigenvalue weighted by Crippen LogP contribution is 2.56. The van der Waals surface area contributed by atoms with Gasteiger partial charge in [0.15, 0.2) is 0 Å². The van der Waals surface area contributed by atoms with Crippen LogP contribution in [0.25, 0.3) is 0 Å². The largest absolute Gasteiger partial charge is 0.493 e. The van der Waals surface area contributed by atoms with Crippen LogP contribution in [0.1, 0.15) is 66.2 Å². The highest BCUT2D eigenvalue weighted by Gasteiger charge is 2.50. The SMILES string of the molecule is CCC12CCC(O)(c3ccccc3)CC1CCOc1cc(C(=O)Nc3cccnc3C)ccc12. The minimum Gasteiger partial charge on any atom is -0.493 e. The van der Waals surface area contributed by atoms with Crippen molar-refractivity contribution in [2.45, 2.75) is 57.0 Å². The monoisotopic (exact) mass is 456 g/mol. The van der Waals surface area contributed by atoms with Crippen LogP contribution in [-0.4, -0.2) is 22.6 Å². The van der Waals surface area contributed by atoms with Crippen LogP contribution in [0.2, 0.25) is 0 Å². The molecular weight excluding hydrogens is 424 g/mol. The smallest absolute Gasteiger partial charge is 0.255 e. The molecule has 0 saturated heterocycles. The first-order chi connectivity index (χ1) is 16.4. The van der Waals surface area contributed by atoms with Crippen LogP contribution in [0.15, 0.2) is 66.9 Å². The zero-order valence-electron chi connectivity index (χ0n) is 19.9. The molecule has 5 heteroatoms. The Labute approximate surface area is 201 Å². The molecule has 1 aromatic heterocycles. The zero-order valence-corrected chi connectivity index (χ0v) is 19.9. The van der Waals surface area contributed by atoms with E-state index in [1.807, 2.05) is 61.5 Å². The molecule has 3 aromatic rings. The maximum absolute atomic E-state index is 13.0. The van der Waals surface area contributed by atoms with Gasteiger partial charge in [-0.25, -0.2) is 0 Å². The molecule has 2 aliphatic rings. The average molecular weight is 457 g/mol. The third-order valence-electron chi connectivity index (χ3n) is 8.05. The Bertz CT molecular complexity index is 1190. The average Bonchev–Trinajstić information content (AvgIpc) is 3.02. The summed E-state index contributed by atoms with van der Waals surface area (Å²) in [5.74, 6) is 0.927. The van der Waals surface area contributed by atoms with Gasteiger partial charge < -0.3 is 15.2 Å². The van der Waals surface area contributed by atoms with Gasteiger partial charge in [0, 0.05) is 22.7 Å². The fourth-order valence-electron chi connectivity index (χ4n) is 6.05. The van der Waals surface area contributed by atoms with Gasteiger partial charge in [-0.05, 0) is 74.8 Å². The fraction of sp³-hybridized carbons (Fsp3) is 0.379. The number of pyridine rings is 1. The van der Waals surface area contributed by atoms with E-state index in [1.165, 1.54) is 5.56 Å². The van der Waals surface area contributed by atoms with Crippen LogP contribution in [-0.2, 0) is 11.0 Å². The molecule has 0 spiro atoms.